The summed E-state index contributed by atoms with van der Waals surface area (Å²) in [7, 11) is 0. The Morgan fingerprint density at radius 2 is 2.21 bits per heavy atom. The van der Waals surface area contributed by atoms with E-state index in [0.717, 1.165) is 0 Å². The van der Waals surface area contributed by atoms with Crippen molar-refractivity contribution in [1.29, 1.82) is 0 Å². The summed E-state index contributed by atoms with van der Waals surface area (Å²) in [6.45, 7) is 4.57. The molecule has 1 saturated heterocycles. The quantitative estimate of drug-likeness (QED) is 0.865. The summed E-state index contributed by atoms with van der Waals surface area (Å²) < 4.78 is 5.46. The topological polar surface area (TPSA) is 67.4 Å². The van der Waals surface area contributed by atoms with E-state index in [9.17, 15) is 9.59 Å². The van der Waals surface area contributed by atoms with E-state index in [1.54, 1.807) is 19.1 Å². The number of rotatable bonds is 4. The van der Waals surface area contributed by atoms with Gasteiger partial charge in [0.25, 0.3) is 0 Å². The fourth-order valence-corrected chi connectivity index (χ4v) is 2.06. The Labute approximate surface area is 112 Å². The number of carbonyl (C=O) groups is 2. The second-order valence-electron chi connectivity index (χ2n) is 4.90. The predicted molar refractivity (Wildman–Crippen MR) is 72.0 cm³/mol. The molecule has 2 amide bonds. The first-order valence-corrected chi connectivity index (χ1v) is 6.35. The number of anilines is 1. The zero-order valence-corrected chi connectivity index (χ0v) is 11.2. The Hall–Kier alpha value is -2.04. The van der Waals surface area contributed by atoms with Gasteiger partial charge in [-0.3, -0.25) is 9.59 Å². The molecule has 1 aromatic rings. The highest BCUT2D eigenvalue weighted by Crippen LogP contribution is 2.30. The third-order valence-electron chi connectivity index (χ3n) is 3.21. The number of nitrogens with one attached hydrogen (secondary N) is 2. The average molecular weight is 262 g/mol. The molecule has 19 heavy (non-hydrogen) atoms. The lowest BCUT2D eigenvalue weighted by molar-refractivity contribution is -0.126. The fourth-order valence-electron chi connectivity index (χ4n) is 2.06. The molecule has 1 aliphatic heterocycles. The molecule has 1 unspecified atom stereocenters. The fraction of sp³-hybridized carbons (Fsp3) is 0.429. The molecule has 102 valence electrons. The van der Waals surface area contributed by atoms with Crippen molar-refractivity contribution in [2.75, 3.05) is 18.5 Å². The first kappa shape index (κ1) is 13.4. The monoisotopic (exact) mass is 262 g/mol. The van der Waals surface area contributed by atoms with Gasteiger partial charge >= 0.3 is 0 Å². The van der Waals surface area contributed by atoms with Crippen molar-refractivity contribution in [2.24, 2.45) is 5.41 Å². The summed E-state index contributed by atoms with van der Waals surface area (Å²) in [6.07, 6.45) is 0.218. The van der Waals surface area contributed by atoms with Crippen LogP contribution >= 0.6 is 0 Å². The molecule has 1 heterocycles. The molecule has 0 aromatic heterocycles. The Morgan fingerprint density at radius 1 is 1.47 bits per heavy atom. The molecule has 1 aromatic carbocycles. The zero-order valence-electron chi connectivity index (χ0n) is 11.2. The van der Waals surface area contributed by atoms with Crippen molar-refractivity contribution in [1.82, 2.24) is 5.32 Å². The molecule has 0 aliphatic carbocycles. The Bertz CT molecular complexity index is 501. The molecule has 2 N–H and O–H groups in total. The van der Waals surface area contributed by atoms with Crippen LogP contribution in [0, 0.1) is 5.41 Å². The number of amides is 2. The standard InChI is InChI=1S/C14H18N2O3/c1-3-19-11-7-5-4-6-10(11)16-13(18)14(2)8-12(17)15-9-14/h4-7H,3,8-9H2,1-2H3,(H,15,17)(H,16,18). The molecule has 5 heteroatoms. The molecule has 0 radical (unpaired) electrons. The summed E-state index contributed by atoms with van der Waals surface area (Å²) >= 11 is 0. The van der Waals surface area contributed by atoms with Crippen LogP contribution in [0.4, 0.5) is 5.69 Å². The maximum absolute atomic E-state index is 12.3. The van der Waals surface area contributed by atoms with Crippen LogP contribution in [0.5, 0.6) is 5.75 Å². The highest BCUT2D eigenvalue weighted by Gasteiger charge is 2.40. The number of ether oxygens (including phenoxy) is 1. The molecule has 1 atom stereocenters. The smallest absolute Gasteiger partial charge is 0.232 e. The summed E-state index contributed by atoms with van der Waals surface area (Å²) in [4.78, 5) is 23.5. The lowest BCUT2D eigenvalue weighted by atomic mass is 9.88. The molecule has 1 fully saturated rings. The third-order valence-corrected chi connectivity index (χ3v) is 3.21. The Morgan fingerprint density at radius 3 is 2.84 bits per heavy atom. The summed E-state index contributed by atoms with van der Waals surface area (Å²) in [5, 5.41) is 5.53. The molecule has 1 aliphatic rings. The van der Waals surface area contributed by atoms with Gasteiger partial charge in [0.05, 0.1) is 17.7 Å². The largest absolute Gasteiger partial charge is 0.492 e. The molecule has 0 spiro atoms. The summed E-state index contributed by atoms with van der Waals surface area (Å²) in [6, 6.07) is 7.28. The van der Waals surface area contributed by atoms with Gasteiger partial charge in [0.2, 0.25) is 11.8 Å². The molecule has 5 nitrogen and oxygen atoms in total. The molecule has 2 rings (SSSR count). The minimum Gasteiger partial charge on any atom is -0.492 e. The van der Waals surface area contributed by atoms with E-state index in [4.69, 9.17) is 4.74 Å². The van der Waals surface area contributed by atoms with Gasteiger partial charge in [0.1, 0.15) is 5.75 Å². The summed E-state index contributed by atoms with van der Waals surface area (Å²) in [5.74, 6) is 0.382. The van der Waals surface area contributed by atoms with Crippen molar-refractivity contribution in [2.45, 2.75) is 20.3 Å². The number of benzene rings is 1. The van der Waals surface area contributed by atoms with Crippen molar-refractivity contribution >= 4 is 17.5 Å². The normalized spacial score (nSPS) is 21.9. The van der Waals surface area contributed by atoms with Gasteiger partial charge in [-0.2, -0.15) is 0 Å². The first-order valence-electron chi connectivity index (χ1n) is 6.35. The van der Waals surface area contributed by atoms with Crippen LogP contribution in [0.2, 0.25) is 0 Å². The minimum atomic E-state index is -0.698. The number of para-hydroxylation sites is 2. The van der Waals surface area contributed by atoms with Crippen LogP contribution in [0.25, 0.3) is 0 Å². The van der Waals surface area contributed by atoms with E-state index in [-0.39, 0.29) is 18.2 Å². The number of carbonyl (C=O) groups excluding carboxylic acids is 2. The summed E-state index contributed by atoms with van der Waals surface area (Å²) in [5.41, 5.74) is -0.0638. The minimum absolute atomic E-state index is 0.0873. The highest BCUT2D eigenvalue weighted by atomic mass is 16.5. The molecular weight excluding hydrogens is 244 g/mol. The second kappa shape index (κ2) is 5.30. The van der Waals surface area contributed by atoms with Crippen molar-refractivity contribution in [3.8, 4) is 5.75 Å². The van der Waals surface area contributed by atoms with Crippen molar-refractivity contribution < 1.29 is 14.3 Å². The first-order chi connectivity index (χ1) is 9.05. The predicted octanol–water partition coefficient (Wildman–Crippen LogP) is 1.55. The SMILES string of the molecule is CCOc1ccccc1NC(=O)C1(C)CNC(=O)C1. The third kappa shape index (κ3) is 2.86. The van der Waals surface area contributed by atoms with E-state index in [1.807, 2.05) is 19.1 Å². The van der Waals surface area contributed by atoms with Crippen LogP contribution in [0.1, 0.15) is 20.3 Å². The average Bonchev–Trinajstić information content (AvgIpc) is 2.73. The number of hydrogen-bond acceptors (Lipinski definition) is 3. The lowest BCUT2D eigenvalue weighted by Crippen LogP contribution is -2.35. The van der Waals surface area contributed by atoms with Gasteiger partial charge < -0.3 is 15.4 Å². The van der Waals surface area contributed by atoms with Crippen LogP contribution in [-0.2, 0) is 9.59 Å². The zero-order chi connectivity index (χ0) is 13.9. The van der Waals surface area contributed by atoms with Crippen LogP contribution in [0.15, 0.2) is 24.3 Å². The van der Waals surface area contributed by atoms with E-state index < -0.39 is 5.41 Å². The van der Waals surface area contributed by atoms with E-state index in [0.29, 0.717) is 24.6 Å². The van der Waals surface area contributed by atoms with Gasteiger partial charge in [-0.1, -0.05) is 12.1 Å². The van der Waals surface area contributed by atoms with Crippen molar-refractivity contribution in [3.05, 3.63) is 24.3 Å². The van der Waals surface area contributed by atoms with Gasteiger partial charge in [-0.25, -0.2) is 0 Å². The van der Waals surface area contributed by atoms with E-state index in [2.05, 4.69) is 10.6 Å². The number of hydrogen-bond donors (Lipinski definition) is 2. The van der Waals surface area contributed by atoms with Gasteiger partial charge in [-0.15, -0.1) is 0 Å². The van der Waals surface area contributed by atoms with Gasteiger partial charge in [-0.05, 0) is 26.0 Å². The molecule has 0 saturated carbocycles. The Kier molecular flexibility index (Phi) is 3.74. The van der Waals surface area contributed by atoms with Gasteiger partial charge in [0.15, 0.2) is 0 Å². The van der Waals surface area contributed by atoms with Crippen LogP contribution in [0.3, 0.4) is 0 Å². The maximum atomic E-state index is 12.3. The van der Waals surface area contributed by atoms with Gasteiger partial charge in [0, 0.05) is 13.0 Å². The Balaban J connectivity index is 2.13. The lowest BCUT2D eigenvalue weighted by Gasteiger charge is -2.21. The second-order valence-corrected chi connectivity index (χ2v) is 4.90. The van der Waals surface area contributed by atoms with E-state index >= 15 is 0 Å². The molecular formula is C14H18N2O3. The van der Waals surface area contributed by atoms with E-state index in [1.165, 1.54) is 0 Å². The van der Waals surface area contributed by atoms with Crippen LogP contribution < -0.4 is 15.4 Å². The highest BCUT2D eigenvalue weighted by molar-refractivity contribution is 6.00. The maximum Gasteiger partial charge on any atom is 0.232 e. The van der Waals surface area contributed by atoms with Crippen LogP contribution in [-0.4, -0.2) is 25.0 Å². The van der Waals surface area contributed by atoms with Crippen molar-refractivity contribution in [3.63, 3.8) is 0 Å². The molecule has 0 bridgehead atoms.